The van der Waals surface area contributed by atoms with E-state index in [1.807, 2.05) is 6.07 Å². The molecular formula is C11H18N4. The first-order valence-corrected chi connectivity index (χ1v) is 5.58. The molecule has 0 aromatic carbocycles. The largest absolute Gasteiger partial charge is 0.341 e. The van der Waals surface area contributed by atoms with Gasteiger partial charge in [-0.05, 0) is 38.4 Å². The lowest BCUT2D eigenvalue weighted by Gasteiger charge is -2.26. The maximum absolute atomic E-state index is 4.28. The molecule has 1 N–H and O–H groups in total. The van der Waals surface area contributed by atoms with Crippen LogP contribution < -0.4 is 10.2 Å². The number of anilines is 1. The lowest BCUT2D eigenvalue weighted by atomic mass is 10.1. The van der Waals surface area contributed by atoms with Gasteiger partial charge in [-0.15, -0.1) is 0 Å². The zero-order valence-corrected chi connectivity index (χ0v) is 9.19. The van der Waals surface area contributed by atoms with Gasteiger partial charge in [0.15, 0.2) is 0 Å². The Hall–Kier alpha value is -1.16. The average molecular weight is 206 g/mol. The first-order chi connectivity index (χ1) is 7.38. The first-order valence-electron chi connectivity index (χ1n) is 5.58. The van der Waals surface area contributed by atoms with E-state index in [9.17, 15) is 0 Å². The maximum atomic E-state index is 4.28. The molecule has 0 spiro atoms. The van der Waals surface area contributed by atoms with Crippen LogP contribution >= 0.6 is 0 Å². The molecule has 0 saturated carbocycles. The molecule has 0 bridgehead atoms. The lowest BCUT2D eigenvalue weighted by Crippen LogP contribution is -2.33. The fourth-order valence-electron chi connectivity index (χ4n) is 2.02. The highest BCUT2D eigenvalue weighted by molar-refractivity contribution is 5.28. The molecule has 2 heterocycles. The Morgan fingerprint density at radius 2 is 2.07 bits per heavy atom. The summed E-state index contributed by atoms with van der Waals surface area (Å²) in [6, 6.07) is 2.42. The molecule has 1 unspecified atom stereocenters. The van der Waals surface area contributed by atoms with Gasteiger partial charge < -0.3 is 10.2 Å². The number of nitrogens with one attached hydrogen (secondary N) is 1. The van der Waals surface area contributed by atoms with Gasteiger partial charge in [0.25, 0.3) is 0 Å². The summed E-state index contributed by atoms with van der Waals surface area (Å²) in [6.45, 7) is 2.24. The van der Waals surface area contributed by atoms with Crippen molar-refractivity contribution >= 4 is 5.95 Å². The Morgan fingerprint density at radius 1 is 1.27 bits per heavy atom. The predicted octanol–water partition coefficient (Wildman–Crippen LogP) is 1.05. The monoisotopic (exact) mass is 206 g/mol. The molecule has 0 aliphatic carbocycles. The summed E-state index contributed by atoms with van der Waals surface area (Å²) in [7, 11) is 2.09. The fourth-order valence-corrected chi connectivity index (χ4v) is 2.02. The summed E-state index contributed by atoms with van der Waals surface area (Å²) in [5.41, 5.74) is 0. The van der Waals surface area contributed by atoms with Crippen LogP contribution in [0.25, 0.3) is 0 Å². The molecule has 1 saturated heterocycles. The van der Waals surface area contributed by atoms with Gasteiger partial charge >= 0.3 is 0 Å². The molecule has 4 heteroatoms. The van der Waals surface area contributed by atoms with Gasteiger partial charge in [-0.2, -0.15) is 0 Å². The van der Waals surface area contributed by atoms with Gasteiger partial charge in [-0.25, -0.2) is 9.97 Å². The summed E-state index contributed by atoms with van der Waals surface area (Å²) < 4.78 is 0. The summed E-state index contributed by atoms with van der Waals surface area (Å²) >= 11 is 0. The normalized spacial score (nSPS) is 22.1. The number of aromatic nitrogens is 2. The second-order valence-corrected chi connectivity index (χ2v) is 3.99. The van der Waals surface area contributed by atoms with Crippen LogP contribution in [0, 0.1) is 0 Å². The highest BCUT2D eigenvalue weighted by atomic mass is 15.2. The summed E-state index contributed by atoms with van der Waals surface area (Å²) in [5, 5.41) is 3.42. The number of rotatable bonds is 2. The van der Waals surface area contributed by atoms with Crippen LogP contribution in [0.3, 0.4) is 0 Å². The highest BCUT2D eigenvalue weighted by Crippen LogP contribution is 2.15. The van der Waals surface area contributed by atoms with E-state index in [2.05, 4.69) is 27.2 Å². The van der Waals surface area contributed by atoms with Crippen LogP contribution in [-0.2, 0) is 0 Å². The molecule has 82 valence electrons. The highest BCUT2D eigenvalue weighted by Gasteiger charge is 2.18. The topological polar surface area (TPSA) is 41.1 Å². The van der Waals surface area contributed by atoms with Gasteiger partial charge in [-0.3, -0.25) is 0 Å². The van der Waals surface area contributed by atoms with Gasteiger partial charge in [0.1, 0.15) is 0 Å². The number of hydrogen-bond donors (Lipinski definition) is 1. The van der Waals surface area contributed by atoms with E-state index in [1.165, 1.54) is 19.3 Å². The van der Waals surface area contributed by atoms with Gasteiger partial charge in [-0.1, -0.05) is 0 Å². The molecule has 1 atom stereocenters. The molecule has 15 heavy (non-hydrogen) atoms. The van der Waals surface area contributed by atoms with E-state index >= 15 is 0 Å². The van der Waals surface area contributed by atoms with Crippen LogP contribution in [0.15, 0.2) is 18.5 Å². The van der Waals surface area contributed by atoms with Crippen molar-refractivity contribution in [2.75, 3.05) is 25.0 Å². The molecular weight excluding hydrogens is 188 g/mol. The quantitative estimate of drug-likeness (QED) is 0.785. The van der Waals surface area contributed by atoms with Crippen LogP contribution in [0.4, 0.5) is 5.95 Å². The van der Waals surface area contributed by atoms with Gasteiger partial charge in [0.05, 0.1) is 0 Å². The molecule has 0 radical (unpaired) electrons. The third-order valence-corrected chi connectivity index (χ3v) is 2.96. The molecule has 0 amide bonds. The first kappa shape index (κ1) is 10.4. The second-order valence-electron chi connectivity index (χ2n) is 3.99. The zero-order valence-electron chi connectivity index (χ0n) is 9.19. The van der Waals surface area contributed by atoms with E-state index < -0.39 is 0 Å². The molecule has 1 aromatic heterocycles. The minimum absolute atomic E-state index is 0.572. The predicted molar refractivity (Wildman–Crippen MR) is 60.9 cm³/mol. The van der Waals surface area contributed by atoms with Crippen LogP contribution in [0.2, 0.25) is 0 Å². The van der Waals surface area contributed by atoms with E-state index in [0.29, 0.717) is 6.04 Å². The molecule has 1 aliphatic heterocycles. The Labute approximate surface area is 90.7 Å². The summed E-state index contributed by atoms with van der Waals surface area (Å²) in [5.74, 6) is 0.837. The van der Waals surface area contributed by atoms with E-state index in [1.54, 1.807) is 12.4 Å². The molecule has 1 aromatic rings. The van der Waals surface area contributed by atoms with Gasteiger partial charge in [0, 0.05) is 25.5 Å². The smallest absolute Gasteiger partial charge is 0.225 e. The summed E-state index contributed by atoms with van der Waals surface area (Å²) in [4.78, 5) is 10.8. The van der Waals surface area contributed by atoms with Crippen molar-refractivity contribution in [1.82, 2.24) is 15.3 Å². The standard InChI is InChI=1S/C11H18N4/c1-15(11-13-7-3-8-14-11)10-4-2-6-12-9-5-10/h3,7-8,10,12H,2,4-6,9H2,1H3. The Bertz CT molecular complexity index is 280. The number of nitrogens with zero attached hydrogens (tertiary/aromatic N) is 3. The van der Waals surface area contributed by atoms with Crippen molar-refractivity contribution in [3.05, 3.63) is 18.5 Å². The van der Waals surface area contributed by atoms with Crippen molar-refractivity contribution in [3.8, 4) is 0 Å². The van der Waals surface area contributed by atoms with Crippen LogP contribution in [-0.4, -0.2) is 36.1 Å². The van der Waals surface area contributed by atoms with E-state index in [-0.39, 0.29) is 0 Å². The lowest BCUT2D eigenvalue weighted by molar-refractivity contribution is 0.558. The molecule has 4 nitrogen and oxygen atoms in total. The molecule has 2 rings (SSSR count). The van der Waals surface area contributed by atoms with Crippen molar-refractivity contribution < 1.29 is 0 Å². The van der Waals surface area contributed by atoms with Crippen molar-refractivity contribution in [2.45, 2.75) is 25.3 Å². The minimum atomic E-state index is 0.572. The average Bonchev–Trinajstić information content (AvgIpc) is 2.58. The molecule has 1 aliphatic rings. The van der Waals surface area contributed by atoms with E-state index in [0.717, 1.165) is 19.0 Å². The van der Waals surface area contributed by atoms with E-state index in [4.69, 9.17) is 0 Å². The fraction of sp³-hybridized carbons (Fsp3) is 0.636. The number of hydrogen-bond acceptors (Lipinski definition) is 4. The molecule has 1 fully saturated rings. The third-order valence-electron chi connectivity index (χ3n) is 2.96. The van der Waals surface area contributed by atoms with Crippen molar-refractivity contribution in [3.63, 3.8) is 0 Å². The van der Waals surface area contributed by atoms with Crippen LogP contribution in [0.5, 0.6) is 0 Å². The third kappa shape index (κ3) is 2.65. The Kier molecular flexibility index (Phi) is 3.50. The SMILES string of the molecule is CN(c1ncccn1)C1CCCNCC1. The Balaban J connectivity index is 2.03. The maximum Gasteiger partial charge on any atom is 0.225 e. The minimum Gasteiger partial charge on any atom is -0.341 e. The second kappa shape index (κ2) is 5.07. The van der Waals surface area contributed by atoms with Crippen LogP contribution in [0.1, 0.15) is 19.3 Å². The van der Waals surface area contributed by atoms with Gasteiger partial charge in [0.2, 0.25) is 5.95 Å². The van der Waals surface area contributed by atoms with Crippen molar-refractivity contribution in [2.24, 2.45) is 0 Å². The van der Waals surface area contributed by atoms with Crippen molar-refractivity contribution in [1.29, 1.82) is 0 Å². The summed E-state index contributed by atoms with van der Waals surface area (Å²) in [6.07, 6.45) is 7.24. The zero-order chi connectivity index (χ0) is 10.5. The Morgan fingerprint density at radius 3 is 2.87 bits per heavy atom.